The quantitative estimate of drug-likeness (QED) is 0.134. The van der Waals surface area contributed by atoms with Gasteiger partial charge in [0.15, 0.2) is 6.04 Å². The first kappa shape index (κ1) is 30.3. The molecular formula is C23H27N5O9. The Morgan fingerprint density at radius 2 is 1.27 bits per heavy atom. The number of amides is 3. The molecule has 2 aromatic rings. The van der Waals surface area contributed by atoms with E-state index >= 15 is 0 Å². The molecule has 0 aliphatic carbocycles. The molecule has 3 amide bonds. The van der Waals surface area contributed by atoms with Crippen LogP contribution in [0.4, 0.5) is 9.59 Å². The first-order valence-electron chi connectivity index (χ1n) is 10.7. The lowest BCUT2D eigenvalue weighted by Gasteiger charge is -2.18. The molecule has 0 saturated carbocycles. The second kappa shape index (κ2) is 17.7. The van der Waals surface area contributed by atoms with Gasteiger partial charge in [-0.25, -0.2) is 19.9 Å². The van der Waals surface area contributed by atoms with E-state index in [9.17, 15) is 24.3 Å². The summed E-state index contributed by atoms with van der Waals surface area (Å²) in [4.78, 5) is 53.0. The number of carbonyl (C=O) groups excluding carboxylic acids is 4. The summed E-state index contributed by atoms with van der Waals surface area (Å²) in [6.07, 6.45) is -1.84. The van der Waals surface area contributed by atoms with E-state index in [1.807, 2.05) is 17.6 Å². The van der Waals surface area contributed by atoms with Gasteiger partial charge < -0.3 is 30.0 Å². The molecule has 14 heteroatoms. The summed E-state index contributed by atoms with van der Waals surface area (Å²) in [6.45, 7) is -1.33. The fourth-order valence-electron chi connectivity index (χ4n) is 2.59. The zero-order valence-corrected chi connectivity index (χ0v) is 19.9. The van der Waals surface area contributed by atoms with Crippen molar-refractivity contribution in [2.24, 2.45) is 0 Å². The standard InChI is InChI=1S/C23H27N3O9.N2/c1-32-21(29)19(25-23(31)34-14-17-10-6-3-7-11-17)15-35-26-20(28)18(12-27)24-22(30)33-13-16-8-4-2-5-9-16;1-2/h2-11,18-19,27H,12-15H2,1H3,(H,24,30)(H,25,31)(H,26,28);/t18-,19?;/m0./s1. The summed E-state index contributed by atoms with van der Waals surface area (Å²) in [5.74, 6) is -1.77. The summed E-state index contributed by atoms with van der Waals surface area (Å²) in [6, 6.07) is 15.1. The van der Waals surface area contributed by atoms with E-state index in [4.69, 9.17) is 25.1 Å². The maximum absolute atomic E-state index is 12.2. The number of ether oxygens (including phenoxy) is 3. The highest BCUT2D eigenvalue weighted by Crippen LogP contribution is 2.02. The van der Waals surface area contributed by atoms with Crippen molar-refractivity contribution in [3.63, 3.8) is 0 Å². The molecule has 2 aromatic carbocycles. The molecule has 0 aromatic heterocycles. The number of aliphatic hydroxyl groups is 1. The predicted octanol–water partition coefficient (Wildman–Crippen LogP) is 0.820. The van der Waals surface area contributed by atoms with Crippen LogP contribution in [-0.4, -0.2) is 61.6 Å². The monoisotopic (exact) mass is 517 g/mol. The van der Waals surface area contributed by atoms with Crippen molar-refractivity contribution in [2.75, 3.05) is 20.3 Å². The number of nitrogens with one attached hydrogen (secondary N) is 3. The summed E-state index contributed by atoms with van der Waals surface area (Å²) >= 11 is 0. The molecule has 14 nitrogen and oxygen atoms in total. The zero-order valence-electron chi connectivity index (χ0n) is 19.9. The average molecular weight is 517 g/mol. The van der Waals surface area contributed by atoms with E-state index in [0.717, 1.165) is 18.2 Å². The van der Waals surface area contributed by atoms with Crippen molar-refractivity contribution >= 4 is 24.1 Å². The van der Waals surface area contributed by atoms with Gasteiger partial charge in [-0.3, -0.25) is 9.63 Å². The molecule has 2 atom stereocenters. The Bertz CT molecular complexity index is 1010. The van der Waals surface area contributed by atoms with Crippen LogP contribution in [0.5, 0.6) is 0 Å². The minimum Gasteiger partial charge on any atom is -0.467 e. The van der Waals surface area contributed by atoms with E-state index < -0.39 is 49.4 Å². The Balaban J connectivity index is 0.00000334. The molecular weight excluding hydrogens is 490 g/mol. The smallest absolute Gasteiger partial charge is 0.408 e. The highest BCUT2D eigenvalue weighted by molar-refractivity contribution is 5.85. The Kier molecular flexibility index (Phi) is 14.5. The first-order valence-corrected chi connectivity index (χ1v) is 10.7. The van der Waals surface area contributed by atoms with Crippen LogP contribution in [-0.2, 0) is 41.9 Å². The molecule has 198 valence electrons. The Morgan fingerprint density at radius 1 is 0.811 bits per heavy atom. The Hall–Kier alpha value is -4.74. The third kappa shape index (κ3) is 12.0. The number of hydroxylamine groups is 1. The molecule has 0 radical (unpaired) electrons. The normalized spacial score (nSPS) is 11.4. The van der Waals surface area contributed by atoms with Crippen LogP contribution in [0.3, 0.4) is 0 Å². The van der Waals surface area contributed by atoms with Crippen LogP contribution in [0.25, 0.3) is 0 Å². The largest absolute Gasteiger partial charge is 0.467 e. The Morgan fingerprint density at radius 3 is 1.70 bits per heavy atom. The zero-order chi connectivity index (χ0) is 27.5. The highest BCUT2D eigenvalue weighted by Gasteiger charge is 2.25. The second-order valence-electron chi connectivity index (χ2n) is 7.00. The molecule has 1 unspecified atom stereocenters. The van der Waals surface area contributed by atoms with Crippen LogP contribution < -0.4 is 16.1 Å². The molecule has 0 saturated heterocycles. The molecule has 0 bridgehead atoms. The van der Waals surface area contributed by atoms with Gasteiger partial charge in [0.05, 0.1) is 13.7 Å². The van der Waals surface area contributed by atoms with Crippen LogP contribution in [0.1, 0.15) is 11.1 Å². The first-order chi connectivity index (χ1) is 17.9. The summed E-state index contributed by atoms with van der Waals surface area (Å²) in [5.41, 5.74) is 3.46. The molecule has 2 rings (SSSR count). The number of esters is 1. The summed E-state index contributed by atoms with van der Waals surface area (Å²) in [7, 11) is 1.11. The number of hydrogen-bond donors (Lipinski definition) is 4. The Labute approximate surface area is 212 Å². The minimum absolute atomic E-state index is 0.0254. The van der Waals surface area contributed by atoms with E-state index in [-0.39, 0.29) is 13.2 Å². The molecule has 0 spiro atoms. The fraction of sp³-hybridized carbons (Fsp3) is 0.304. The topological polar surface area (TPSA) is 209 Å². The lowest BCUT2D eigenvalue weighted by molar-refractivity contribution is -0.149. The van der Waals surface area contributed by atoms with Gasteiger partial charge in [-0.2, -0.15) is 0 Å². The highest BCUT2D eigenvalue weighted by atomic mass is 16.7. The van der Waals surface area contributed by atoms with Gasteiger partial charge in [0, 0.05) is 10.8 Å². The van der Waals surface area contributed by atoms with Gasteiger partial charge >= 0.3 is 18.2 Å². The number of alkyl carbamates (subject to hydrolysis) is 2. The molecule has 0 aliphatic rings. The second-order valence-corrected chi connectivity index (χ2v) is 7.00. The van der Waals surface area contributed by atoms with Crippen LogP contribution in [0.15, 0.2) is 60.7 Å². The predicted molar refractivity (Wildman–Crippen MR) is 124 cm³/mol. The number of rotatable bonds is 12. The summed E-state index contributed by atoms with van der Waals surface area (Å²) < 4.78 is 14.6. The number of hydrogen-bond acceptors (Lipinski definition) is 11. The maximum Gasteiger partial charge on any atom is 0.408 e. The van der Waals surface area contributed by atoms with E-state index in [1.54, 1.807) is 48.5 Å². The average Bonchev–Trinajstić information content (AvgIpc) is 2.94. The van der Waals surface area contributed by atoms with E-state index in [2.05, 4.69) is 15.4 Å². The van der Waals surface area contributed by atoms with Gasteiger partial charge in [-0.1, -0.05) is 60.7 Å². The van der Waals surface area contributed by atoms with Crippen molar-refractivity contribution in [1.29, 1.82) is 10.8 Å². The molecule has 0 aliphatic heterocycles. The molecule has 4 N–H and O–H groups in total. The van der Waals surface area contributed by atoms with Crippen molar-refractivity contribution in [3.05, 3.63) is 71.8 Å². The molecule has 0 fully saturated rings. The number of carbonyl (C=O) groups is 4. The van der Waals surface area contributed by atoms with Gasteiger partial charge in [0.1, 0.15) is 25.9 Å². The van der Waals surface area contributed by atoms with Crippen LogP contribution in [0, 0.1) is 10.8 Å². The minimum atomic E-state index is -1.39. The number of nitrogens with zero attached hydrogens (tertiary/aromatic N) is 2. The number of benzene rings is 2. The lowest BCUT2D eigenvalue weighted by Crippen LogP contribution is -2.51. The van der Waals surface area contributed by atoms with Gasteiger partial charge in [0.25, 0.3) is 5.91 Å². The summed E-state index contributed by atoms with van der Waals surface area (Å²) in [5, 5.41) is 25.9. The van der Waals surface area contributed by atoms with Crippen molar-refractivity contribution in [1.82, 2.24) is 16.1 Å². The number of methoxy groups -OCH3 is 1. The van der Waals surface area contributed by atoms with E-state index in [0.29, 0.717) is 0 Å². The van der Waals surface area contributed by atoms with E-state index in [1.165, 1.54) is 0 Å². The van der Waals surface area contributed by atoms with Gasteiger partial charge in [-0.15, -0.1) is 0 Å². The third-order valence-electron chi connectivity index (χ3n) is 4.42. The van der Waals surface area contributed by atoms with Crippen molar-refractivity contribution in [2.45, 2.75) is 25.3 Å². The molecule has 0 heterocycles. The van der Waals surface area contributed by atoms with Gasteiger partial charge in [0.2, 0.25) is 0 Å². The van der Waals surface area contributed by atoms with Crippen molar-refractivity contribution < 1.29 is 43.3 Å². The SMILES string of the molecule is COC(=O)C(CONC(=O)[C@H](CO)NC(=O)OCc1ccccc1)NC(=O)OCc1ccccc1.N#N. The lowest BCUT2D eigenvalue weighted by atomic mass is 10.2. The number of aliphatic hydroxyl groups excluding tert-OH is 1. The van der Waals surface area contributed by atoms with Crippen LogP contribution in [0.2, 0.25) is 0 Å². The maximum atomic E-state index is 12.2. The fourth-order valence-corrected chi connectivity index (χ4v) is 2.59. The van der Waals surface area contributed by atoms with Crippen LogP contribution >= 0.6 is 0 Å². The van der Waals surface area contributed by atoms with Gasteiger partial charge in [-0.05, 0) is 11.1 Å². The van der Waals surface area contributed by atoms with Crippen molar-refractivity contribution in [3.8, 4) is 0 Å². The third-order valence-corrected chi connectivity index (χ3v) is 4.42. The molecule has 37 heavy (non-hydrogen) atoms.